The number of carboxylic acid groups (broad SMARTS) is 1. The van der Waals surface area contributed by atoms with Gasteiger partial charge in [0.05, 0.1) is 0 Å². The topological polar surface area (TPSA) is 49.3 Å². The first kappa shape index (κ1) is 12.9. The monoisotopic (exact) mass is 207 g/mol. The summed E-state index contributed by atoms with van der Waals surface area (Å²) in [6.07, 6.45) is 0. The van der Waals surface area contributed by atoms with Crippen LogP contribution in [-0.4, -0.2) is 29.0 Å². The van der Waals surface area contributed by atoms with Gasteiger partial charge in [-0.3, -0.25) is 0 Å². The summed E-state index contributed by atoms with van der Waals surface area (Å²) < 4.78 is -2.17. The zero-order chi connectivity index (χ0) is 8.78. The quantitative estimate of drug-likeness (QED) is 0.590. The molecule has 0 spiro atoms. The lowest BCUT2D eigenvalue weighted by atomic mass is 10.8. The summed E-state index contributed by atoms with van der Waals surface area (Å²) in [6.45, 7) is 0. The van der Waals surface area contributed by atoms with E-state index in [1.807, 2.05) is 14.1 Å². The number of carbonyl (C=O) groups is 1. The minimum absolute atomic E-state index is 1.46. The van der Waals surface area contributed by atoms with E-state index < -0.39 is 9.76 Å². The van der Waals surface area contributed by atoms with Crippen LogP contribution in [0.5, 0.6) is 0 Å². The molecule has 0 rings (SSSR count). The molecule has 0 atom stereocenters. The second-order valence-corrected chi connectivity index (χ2v) is 3.58. The van der Waals surface area contributed by atoms with Gasteiger partial charge in [0.2, 0.25) is 0 Å². The van der Waals surface area contributed by atoms with Crippen LogP contribution in [0.1, 0.15) is 0 Å². The number of hydrogen-bond donors (Lipinski definition) is 2. The molecule has 0 amide bonds. The highest BCUT2D eigenvalue weighted by Gasteiger charge is 2.29. The molecule has 0 aromatic rings. The predicted octanol–water partition coefficient (Wildman–Crippen LogP) is 1.28. The molecule has 0 fully saturated rings. The van der Waals surface area contributed by atoms with Crippen molar-refractivity contribution in [3.05, 3.63) is 0 Å². The van der Waals surface area contributed by atoms with E-state index in [-0.39, 0.29) is 0 Å². The van der Waals surface area contributed by atoms with E-state index in [0.29, 0.717) is 0 Å². The second-order valence-electron chi connectivity index (χ2n) is 1.30. The van der Waals surface area contributed by atoms with Crippen molar-refractivity contribution in [2.24, 2.45) is 0 Å². The predicted molar refractivity (Wildman–Crippen MR) is 42.9 cm³/mol. The largest absolute Gasteiger partial charge is 0.478 e. The highest BCUT2D eigenvalue weighted by atomic mass is 35.6. The van der Waals surface area contributed by atoms with E-state index in [1.54, 1.807) is 0 Å². The van der Waals surface area contributed by atoms with E-state index in [2.05, 4.69) is 5.32 Å². The Morgan fingerprint density at radius 2 is 1.50 bits per heavy atom. The minimum atomic E-state index is -2.17. The van der Waals surface area contributed by atoms with Crippen molar-refractivity contribution in [3.8, 4) is 0 Å². The Morgan fingerprint density at radius 3 is 1.50 bits per heavy atom. The average molecular weight is 208 g/mol. The van der Waals surface area contributed by atoms with Crippen LogP contribution in [-0.2, 0) is 4.79 Å². The molecule has 3 nitrogen and oxygen atoms in total. The van der Waals surface area contributed by atoms with Crippen LogP contribution in [0, 0.1) is 0 Å². The fourth-order valence-corrected chi connectivity index (χ4v) is 0. The Balaban J connectivity index is 0. The van der Waals surface area contributed by atoms with Crippen molar-refractivity contribution in [1.29, 1.82) is 0 Å². The van der Waals surface area contributed by atoms with Gasteiger partial charge in [0.25, 0.3) is 3.79 Å². The van der Waals surface area contributed by atoms with Gasteiger partial charge in [0, 0.05) is 0 Å². The first-order valence-electron chi connectivity index (χ1n) is 2.24. The van der Waals surface area contributed by atoms with Gasteiger partial charge in [-0.15, -0.1) is 0 Å². The molecule has 6 heteroatoms. The molecule has 10 heavy (non-hydrogen) atoms. The smallest absolute Gasteiger partial charge is 0.356 e. The van der Waals surface area contributed by atoms with Crippen LogP contribution >= 0.6 is 34.8 Å². The van der Waals surface area contributed by atoms with E-state index in [9.17, 15) is 4.79 Å². The summed E-state index contributed by atoms with van der Waals surface area (Å²) in [6, 6.07) is 0. The fourth-order valence-electron chi connectivity index (χ4n) is 0. The number of halogens is 3. The molecule has 0 unspecified atom stereocenters. The molecule has 0 aromatic carbocycles. The summed E-state index contributed by atoms with van der Waals surface area (Å²) >= 11 is 14.4. The second kappa shape index (κ2) is 6.04. The molecule has 0 saturated carbocycles. The Kier molecular flexibility index (Phi) is 7.81. The maximum atomic E-state index is 9.62. The zero-order valence-electron chi connectivity index (χ0n) is 5.49. The van der Waals surface area contributed by atoms with Crippen molar-refractivity contribution in [3.63, 3.8) is 0 Å². The summed E-state index contributed by atoms with van der Waals surface area (Å²) in [5.41, 5.74) is 0. The molecule has 0 aliphatic heterocycles. The highest BCUT2D eigenvalue weighted by Crippen LogP contribution is 2.25. The number of aliphatic carboxylic acids is 1. The molecule has 0 aliphatic rings. The van der Waals surface area contributed by atoms with Crippen LogP contribution in [0.15, 0.2) is 0 Å². The normalized spacial score (nSPS) is 9.70. The number of alkyl halides is 3. The molecule has 62 valence electrons. The Bertz CT molecular complexity index is 101. The van der Waals surface area contributed by atoms with E-state index in [1.165, 1.54) is 0 Å². The zero-order valence-corrected chi connectivity index (χ0v) is 7.76. The Hall–Kier alpha value is 0.300. The third kappa shape index (κ3) is 11.1. The molecule has 0 aromatic heterocycles. The van der Waals surface area contributed by atoms with Gasteiger partial charge in [-0.05, 0) is 14.1 Å². The number of carboxylic acids is 1. The van der Waals surface area contributed by atoms with Crippen molar-refractivity contribution < 1.29 is 9.90 Å². The Labute approximate surface area is 74.3 Å². The van der Waals surface area contributed by atoms with Crippen molar-refractivity contribution in [2.75, 3.05) is 14.1 Å². The third-order valence-corrected chi connectivity index (χ3v) is 0.728. The molecule has 0 bridgehead atoms. The van der Waals surface area contributed by atoms with Crippen molar-refractivity contribution >= 4 is 40.8 Å². The standard InChI is InChI=1S/C2HCl3O2.C2H7N/c3-2(4,5)1(6)7;1-3-2/h(H,6,7);3H,1-2H3. The molecular formula is C4H8Cl3NO2. The lowest BCUT2D eigenvalue weighted by Crippen LogP contribution is -2.16. The van der Waals surface area contributed by atoms with Gasteiger partial charge in [-0.25, -0.2) is 4.79 Å². The summed E-state index contributed by atoms with van der Waals surface area (Å²) in [7, 11) is 3.75. The molecular weight excluding hydrogens is 200 g/mol. The van der Waals surface area contributed by atoms with Gasteiger partial charge in [0.15, 0.2) is 0 Å². The van der Waals surface area contributed by atoms with Crippen LogP contribution in [0.4, 0.5) is 0 Å². The lowest BCUT2D eigenvalue weighted by molar-refractivity contribution is -0.135. The maximum absolute atomic E-state index is 9.62. The molecule has 0 heterocycles. The first-order chi connectivity index (χ1) is 4.36. The Morgan fingerprint density at radius 1 is 1.40 bits per heavy atom. The summed E-state index contributed by atoms with van der Waals surface area (Å²) in [4.78, 5) is 9.62. The third-order valence-electron chi connectivity index (χ3n) is 0.243. The van der Waals surface area contributed by atoms with Crippen molar-refractivity contribution in [2.45, 2.75) is 3.79 Å². The maximum Gasteiger partial charge on any atom is 0.356 e. The first-order valence-corrected chi connectivity index (χ1v) is 3.38. The van der Waals surface area contributed by atoms with Gasteiger partial charge in [-0.1, -0.05) is 34.8 Å². The minimum Gasteiger partial charge on any atom is -0.478 e. The lowest BCUT2D eigenvalue weighted by Gasteiger charge is -1.99. The van der Waals surface area contributed by atoms with Gasteiger partial charge >= 0.3 is 5.97 Å². The van der Waals surface area contributed by atoms with Gasteiger partial charge in [0.1, 0.15) is 0 Å². The van der Waals surface area contributed by atoms with Gasteiger partial charge < -0.3 is 10.4 Å². The number of hydrogen-bond acceptors (Lipinski definition) is 2. The van der Waals surface area contributed by atoms with E-state index in [0.717, 1.165) is 0 Å². The van der Waals surface area contributed by atoms with Gasteiger partial charge in [-0.2, -0.15) is 0 Å². The molecule has 2 N–H and O–H groups in total. The van der Waals surface area contributed by atoms with Crippen LogP contribution in [0.3, 0.4) is 0 Å². The van der Waals surface area contributed by atoms with Crippen molar-refractivity contribution in [1.82, 2.24) is 5.32 Å². The van der Waals surface area contributed by atoms with Crippen LogP contribution in [0.2, 0.25) is 0 Å². The highest BCUT2D eigenvalue weighted by molar-refractivity contribution is 6.75. The van der Waals surface area contributed by atoms with E-state index in [4.69, 9.17) is 39.9 Å². The SMILES string of the molecule is CNC.O=C(O)C(Cl)(Cl)Cl. The van der Waals surface area contributed by atoms with E-state index >= 15 is 0 Å². The molecule has 0 aliphatic carbocycles. The van der Waals surface area contributed by atoms with Crippen LogP contribution in [0.25, 0.3) is 0 Å². The molecule has 0 radical (unpaired) electrons. The van der Waals surface area contributed by atoms with Crippen LogP contribution < -0.4 is 5.32 Å². The average Bonchev–Trinajstić information content (AvgIpc) is 1.64. The summed E-state index contributed by atoms with van der Waals surface area (Å²) in [5, 5.41) is 10.6. The summed E-state index contributed by atoms with van der Waals surface area (Å²) in [5.74, 6) is -1.46. The number of rotatable bonds is 0. The fraction of sp³-hybridized carbons (Fsp3) is 0.750. The number of nitrogens with one attached hydrogen (secondary N) is 1. The molecule has 0 saturated heterocycles.